The van der Waals surface area contributed by atoms with E-state index in [4.69, 9.17) is 5.26 Å². The summed E-state index contributed by atoms with van der Waals surface area (Å²) in [7, 11) is 0. The Morgan fingerprint density at radius 3 is 2.56 bits per heavy atom. The Hall–Kier alpha value is -0.890. The smallest absolute Gasteiger partial charge is 0.286 e. The van der Waals surface area contributed by atoms with Gasteiger partial charge in [0.1, 0.15) is 6.61 Å². The predicted molar refractivity (Wildman–Crippen MR) is 66.1 cm³/mol. The molecule has 0 atom stereocenters. The second-order valence-electron chi connectivity index (χ2n) is 4.17. The van der Waals surface area contributed by atoms with Crippen LogP contribution in [0.15, 0.2) is 0 Å². The molecule has 0 aromatic heterocycles. The van der Waals surface area contributed by atoms with E-state index in [1.807, 2.05) is 0 Å². The summed E-state index contributed by atoms with van der Waals surface area (Å²) in [6.07, 6.45) is 5.52. The number of carbonyl (C=O) groups excluding carboxylic acids is 1. The maximum Gasteiger partial charge on any atom is 0.286 e. The van der Waals surface area contributed by atoms with Crippen molar-refractivity contribution in [2.24, 2.45) is 0 Å². The normalized spacial score (nSPS) is 10.6. The molecule has 0 unspecified atom stereocenters. The molecule has 0 radical (unpaired) electrons. The highest BCUT2D eigenvalue weighted by Crippen LogP contribution is 2.11. The summed E-state index contributed by atoms with van der Waals surface area (Å²) < 4.78 is 3.94. The molecule has 1 N–H and O–H groups in total. The number of rotatable bonds is 8. The van der Waals surface area contributed by atoms with Crippen molar-refractivity contribution in [3.05, 3.63) is 0 Å². The zero-order valence-electron chi connectivity index (χ0n) is 9.95. The zero-order chi connectivity index (χ0) is 12.4. The van der Waals surface area contributed by atoms with Crippen LogP contribution in [-0.4, -0.2) is 23.8 Å². The molecule has 0 fully saturated rings. The van der Waals surface area contributed by atoms with Gasteiger partial charge in [0.05, 0.1) is 4.75 Å². The van der Waals surface area contributed by atoms with Crippen molar-refractivity contribution in [2.45, 2.75) is 44.3 Å². The molecule has 0 spiro atoms. The third-order valence-electron chi connectivity index (χ3n) is 2.08. The van der Waals surface area contributed by atoms with Gasteiger partial charge in [-0.15, -0.1) is 0 Å². The lowest BCUT2D eigenvalue weighted by Gasteiger charge is -2.16. The van der Waals surface area contributed by atoms with Crippen molar-refractivity contribution in [2.75, 3.05) is 13.2 Å². The quantitative estimate of drug-likeness (QED) is 0.389. The van der Waals surface area contributed by atoms with E-state index in [1.54, 1.807) is 20.1 Å². The molecule has 0 aromatic rings. The fourth-order valence-corrected chi connectivity index (χ4v) is 1.20. The number of hydrogen-bond acceptors (Lipinski definition) is 4. The molecule has 0 heterocycles. The molecule has 5 heteroatoms. The van der Waals surface area contributed by atoms with E-state index in [0.29, 0.717) is 13.2 Å². The molecular formula is C11H20N2O2S. The maximum absolute atomic E-state index is 11.4. The largest absolute Gasteiger partial charge is 0.428 e. The van der Waals surface area contributed by atoms with Gasteiger partial charge >= 0.3 is 0 Å². The third-order valence-corrected chi connectivity index (χ3v) is 2.28. The Labute approximate surface area is 103 Å². The van der Waals surface area contributed by atoms with Crippen molar-refractivity contribution >= 4 is 18.5 Å². The number of nitriles is 1. The van der Waals surface area contributed by atoms with Crippen LogP contribution in [-0.2, 0) is 9.53 Å². The van der Waals surface area contributed by atoms with Crippen LogP contribution in [0.3, 0.4) is 0 Å². The van der Waals surface area contributed by atoms with Gasteiger partial charge in [-0.3, -0.25) is 4.79 Å². The van der Waals surface area contributed by atoms with E-state index in [9.17, 15) is 4.79 Å². The van der Waals surface area contributed by atoms with E-state index >= 15 is 0 Å². The van der Waals surface area contributed by atoms with E-state index < -0.39 is 4.75 Å². The van der Waals surface area contributed by atoms with Crippen LogP contribution in [0.2, 0.25) is 0 Å². The molecule has 0 rings (SSSR count). The maximum atomic E-state index is 11.4. The first kappa shape index (κ1) is 15.1. The van der Waals surface area contributed by atoms with Crippen LogP contribution in [0, 0.1) is 11.5 Å². The van der Waals surface area contributed by atoms with Crippen LogP contribution >= 0.6 is 12.6 Å². The standard InChI is InChI=1S/C11H20N2O2S/c1-11(2,16)10(14)13-7-5-3-4-6-8-15-9-12/h16H,3-8H2,1-2H3,(H,13,14). The van der Waals surface area contributed by atoms with Gasteiger partial charge in [0, 0.05) is 6.54 Å². The summed E-state index contributed by atoms with van der Waals surface area (Å²) in [5.41, 5.74) is 0. The van der Waals surface area contributed by atoms with Gasteiger partial charge in [0.25, 0.3) is 6.26 Å². The molecule has 92 valence electrons. The second kappa shape index (κ2) is 8.28. The van der Waals surface area contributed by atoms with Crippen LogP contribution in [0.5, 0.6) is 0 Å². The van der Waals surface area contributed by atoms with Gasteiger partial charge in [-0.2, -0.15) is 17.9 Å². The van der Waals surface area contributed by atoms with Crippen LogP contribution in [0.4, 0.5) is 0 Å². The molecular weight excluding hydrogens is 224 g/mol. The zero-order valence-corrected chi connectivity index (χ0v) is 10.8. The molecule has 4 nitrogen and oxygen atoms in total. The van der Waals surface area contributed by atoms with Crippen molar-refractivity contribution < 1.29 is 9.53 Å². The highest BCUT2D eigenvalue weighted by molar-refractivity contribution is 7.82. The fraction of sp³-hybridized carbons (Fsp3) is 0.818. The molecule has 0 saturated carbocycles. The molecule has 16 heavy (non-hydrogen) atoms. The van der Waals surface area contributed by atoms with Crippen LogP contribution < -0.4 is 5.32 Å². The Kier molecular flexibility index (Phi) is 7.82. The highest BCUT2D eigenvalue weighted by atomic mass is 32.1. The average molecular weight is 244 g/mol. The molecule has 0 bridgehead atoms. The van der Waals surface area contributed by atoms with E-state index in [-0.39, 0.29) is 5.91 Å². The topological polar surface area (TPSA) is 62.1 Å². The summed E-state index contributed by atoms with van der Waals surface area (Å²) in [4.78, 5) is 11.4. The number of thiol groups is 1. The second-order valence-corrected chi connectivity index (χ2v) is 5.29. The van der Waals surface area contributed by atoms with Crippen molar-refractivity contribution in [1.82, 2.24) is 5.32 Å². The number of carbonyl (C=O) groups is 1. The van der Waals surface area contributed by atoms with Gasteiger partial charge in [-0.05, 0) is 33.1 Å². The van der Waals surface area contributed by atoms with Gasteiger partial charge in [0.2, 0.25) is 5.91 Å². The summed E-state index contributed by atoms with van der Waals surface area (Å²) >= 11 is 4.17. The number of nitrogens with one attached hydrogen (secondary N) is 1. The summed E-state index contributed by atoms with van der Waals surface area (Å²) in [6, 6.07) is 0. The third kappa shape index (κ3) is 8.42. The number of ether oxygens (including phenoxy) is 1. The summed E-state index contributed by atoms with van der Waals surface area (Å²) in [6.45, 7) is 4.71. The molecule has 0 aliphatic heterocycles. The number of amides is 1. The van der Waals surface area contributed by atoms with Gasteiger partial charge < -0.3 is 10.1 Å². The predicted octanol–water partition coefficient (Wildman–Crippen LogP) is 1.87. The van der Waals surface area contributed by atoms with E-state index in [0.717, 1.165) is 25.7 Å². The number of nitrogens with zero attached hydrogens (tertiary/aromatic N) is 1. The van der Waals surface area contributed by atoms with Crippen molar-refractivity contribution in [3.8, 4) is 6.26 Å². The first-order valence-corrected chi connectivity index (χ1v) is 5.94. The number of unbranched alkanes of at least 4 members (excludes halogenated alkanes) is 3. The van der Waals surface area contributed by atoms with Crippen molar-refractivity contribution in [1.29, 1.82) is 5.26 Å². The van der Waals surface area contributed by atoms with Crippen LogP contribution in [0.25, 0.3) is 0 Å². The minimum absolute atomic E-state index is 0.0383. The Bertz CT molecular complexity index is 243. The highest BCUT2D eigenvalue weighted by Gasteiger charge is 2.21. The Morgan fingerprint density at radius 1 is 1.38 bits per heavy atom. The van der Waals surface area contributed by atoms with E-state index in [1.165, 1.54) is 0 Å². The first-order chi connectivity index (χ1) is 7.48. The molecule has 0 aliphatic carbocycles. The number of hydrogen-bond donors (Lipinski definition) is 2. The fourth-order valence-electron chi connectivity index (χ4n) is 1.12. The van der Waals surface area contributed by atoms with Gasteiger partial charge in [-0.25, -0.2) is 0 Å². The Morgan fingerprint density at radius 2 is 2.00 bits per heavy atom. The lowest BCUT2D eigenvalue weighted by atomic mass is 10.1. The van der Waals surface area contributed by atoms with Crippen molar-refractivity contribution in [3.63, 3.8) is 0 Å². The van der Waals surface area contributed by atoms with Gasteiger partial charge in [-0.1, -0.05) is 6.42 Å². The van der Waals surface area contributed by atoms with E-state index in [2.05, 4.69) is 22.7 Å². The SMILES string of the molecule is CC(C)(S)C(=O)NCCCCCCOC#N. The minimum Gasteiger partial charge on any atom is -0.428 e. The Balaban J connectivity index is 3.28. The molecule has 0 aliphatic rings. The van der Waals surface area contributed by atoms with Gasteiger partial charge in [0.15, 0.2) is 0 Å². The lowest BCUT2D eigenvalue weighted by molar-refractivity contribution is -0.122. The minimum atomic E-state index is -0.610. The summed E-state index contributed by atoms with van der Waals surface area (Å²) in [5, 5.41) is 10.9. The molecule has 1 amide bonds. The average Bonchev–Trinajstić information content (AvgIpc) is 2.20. The lowest BCUT2D eigenvalue weighted by Crippen LogP contribution is -2.38. The monoisotopic (exact) mass is 244 g/mol. The molecule has 0 aromatic carbocycles. The molecule has 0 saturated heterocycles. The van der Waals surface area contributed by atoms with Crippen LogP contribution in [0.1, 0.15) is 39.5 Å². The summed E-state index contributed by atoms with van der Waals surface area (Å²) in [5.74, 6) is -0.0383. The first-order valence-electron chi connectivity index (χ1n) is 5.50.